The summed E-state index contributed by atoms with van der Waals surface area (Å²) in [6.07, 6.45) is 34.6. The number of terminal acetylenes is 1. The van der Waals surface area contributed by atoms with Crippen LogP contribution in [0.25, 0.3) is 40.0 Å². The summed E-state index contributed by atoms with van der Waals surface area (Å²) < 4.78 is 0. The maximum absolute atomic E-state index is 5.75. The van der Waals surface area contributed by atoms with E-state index in [1.165, 1.54) is 11.1 Å². The van der Waals surface area contributed by atoms with Gasteiger partial charge in [-0.05, 0) is 106 Å². The molecule has 0 saturated carbocycles. The Morgan fingerprint density at radius 2 is 1.69 bits per heavy atom. The van der Waals surface area contributed by atoms with Crippen molar-refractivity contribution in [2.45, 2.75) is 20.3 Å². The minimum Gasteiger partial charge on any atom is -0.264 e. The third-order valence-electron chi connectivity index (χ3n) is 8.70. The average Bonchev–Trinajstić information content (AvgIpc) is 3.58. The van der Waals surface area contributed by atoms with Crippen LogP contribution in [0.3, 0.4) is 0 Å². The summed E-state index contributed by atoms with van der Waals surface area (Å²) in [5.41, 5.74) is 19.0. The first-order chi connectivity index (χ1) is 26.5. The fourth-order valence-corrected chi connectivity index (χ4v) is 6.92. The van der Waals surface area contributed by atoms with Crippen molar-refractivity contribution in [3.8, 4) is 23.5 Å². The van der Waals surface area contributed by atoms with Gasteiger partial charge in [-0.3, -0.25) is 4.98 Å². The van der Waals surface area contributed by atoms with Crippen molar-refractivity contribution in [3.63, 3.8) is 0 Å². The number of hydrogen-bond acceptors (Lipinski definition) is 3. The normalized spacial score (nSPS) is 13.5. The number of aryl methyl sites for hydroxylation is 1. The van der Waals surface area contributed by atoms with Gasteiger partial charge in [-0.1, -0.05) is 145 Å². The lowest BCUT2D eigenvalue weighted by Crippen LogP contribution is -1.90. The molecule has 0 radical (unpaired) electrons. The minimum absolute atomic E-state index is 0.671. The summed E-state index contributed by atoms with van der Waals surface area (Å²) in [5.74, 6) is 2.69. The first-order valence-electron chi connectivity index (χ1n) is 17.8. The van der Waals surface area contributed by atoms with E-state index in [4.69, 9.17) is 11.4 Å². The van der Waals surface area contributed by atoms with Crippen LogP contribution in [0.1, 0.15) is 44.8 Å². The summed E-state index contributed by atoms with van der Waals surface area (Å²) in [6.45, 7) is 8.16. The van der Waals surface area contributed by atoms with E-state index >= 15 is 0 Å². The molecule has 1 aliphatic rings. The van der Waals surface area contributed by atoms with Crippen molar-refractivity contribution in [1.29, 1.82) is 0 Å². The molecule has 2 aromatic heterocycles. The number of thiazole rings is 1. The molecule has 0 N–H and O–H groups in total. The van der Waals surface area contributed by atoms with Crippen molar-refractivity contribution in [1.82, 2.24) is 9.97 Å². The maximum Gasteiger partial charge on any atom is 0.0972 e. The summed E-state index contributed by atoms with van der Waals surface area (Å²) in [6, 6.07) is 31.7. The van der Waals surface area contributed by atoms with Gasteiger partial charge >= 0.3 is 0 Å². The predicted molar refractivity (Wildman–Crippen MR) is 232 cm³/mol. The van der Waals surface area contributed by atoms with Gasteiger partial charge in [0.05, 0.1) is 15.6 Å². The van der Waals surface area contributed by atoms with E-state index in [2.05, 4.69) is 151 Å². The fourth-order valence-electron chi connectivity index (χ4n) is 5.93. The van der Waals surface area contributed by atoms with Crippen LogP contribution >= 0.6 is 11.3 Å². The SMILES string of the molecule is C#C/C=C(\C=C/Cc1nc(C)c(/C=C(\C=C\c2cccc(-c3ccccc3)c2)c2cccc(/C(C=C)=C/C=C\C)c2)s1)C1=CC(c2cccnc2)=C=C=C1. The highest BCUT2D eigenvalue weighted by molar-refractivity contribution is 7.12. The van der Waals surface area contributed by atoms with Crippen LogP contribution in [0.5, 0.6) is 0 Å². The van der Waals surface area contributed by atoms with Crippen LogP contribution in [0, 0.1) is 19.3 Å². The van der Waals surface area contributed by atoms with E-state index in [0.717, 1.165) is 65.7 Å². The Balaban J connectivity index is 1.30. The molecule has 0 aliphatic heterocycles. The maximum atomic E-state index is 5.75. The minimum atomic E-state index is 0.671. The molecule has 2 nitrogen and oxygen atoms in total. The van der Waals surface area contributed by atoms with E-state index in [9.17, 15) is 0 Å². The summed E-state index contributed by atoms with van der Waals surface area (Å²) in [4.78, 5) is 10.3. The number of hydrogen-bond donors (Lipinski definition) is 0. The number of rotatable bonds is 13. The first kappa shape index (κ1) is 37.0. The zero-order valence-electron chi connectivity index (χ0n) is 30.5. The van der Waals surface area contributed by atoms with Crippen molar-refractivity contribution in [2.75, 3.05) is 0 Å². The monoisotopic (exact) mass is 712 g/mol. The van der Waals surface area contributed by atoms with E-state index < -0.39 is 0 Å². The Kier molecular flexibility index (Phi) is 12.8. The van der Waals surface area contributed by atoms with Crippen molar-refractivity contribution >= 4 is 40.2 Å². The molecule has 6 rings (SSSR count). The van der Waals surface area contributed by atoms with Crippen LogP contribution in [0.15, 0.2) is 193 Å². The van der Waals surface area contributed by atoms with Gasteiger partial charge in [-0.15, -0.1) is 17.8 Å². The Morgan fingerprint density at radius 3 is 2.46 bits per heavy atom. The molecule has 3 heteroatoms. The Morgan fingerprint density at radius 1 is 0.889 bits per heavy atom. The lowest BCUT2D eigenvalue weighted by atomic mass is 9.97. The Labute approximate surface area is 323 Å². The van der Waals surface area contributed by atoms with Gasteiger partial charge in [0, 0.05) is 30.0 Å². The predicted octanol–water partition coefficient (Wildman–Crippen LogP) is 12.9. The van der Waals surface area contributed by atoms with Crippen molar-refractivity contribution in [2.24, 2.45) is 0 Å². The molecular weight excluding hydrogens is 673 g/mol. The van der Waals surface area contributed by atoms with Crippen LogP contribution in [-0.2, 0) is 6.42 Å². The first-order valence-corrected chi connectivity index (χ1v) is 18.6. The molecule has 0 amide bonds. The summed E-state index contributed by atoms with van der Waals surface area (Å²) in [5, 5.41) is 1.02. The largest absolute Gasteiger partial charge is 0.264 e. The molecule has 0 atom stereocenters. The smallest absolute Gasteiger partial charge is 0.0972 e. The number of allylic oxidation sites excluding steroid dienone is 15. The van der Waals surface area contributed by atoms with Gasteiger partial charge in [0.15, 0.2) is 0 Å². The molecule has 0 fully saturated rings. The highest BCUT2D eigenvalue weighted by atomic mass is 32.1. The fraction of sp³-hybridized carbons (Fsp3) is 0.0588. The van der Waals surface area contributed by atoms with Crippen LogP contribution < -0.4 is 0 Å². The molecule has 3 aromatic carbocycles. The molecule has 0 bridgehead atoms. The molecular formula is C51H40N2S. The third kappa shape index (κ3) is 9.75. The number of pyridine rings is 1. The molecule has 0 unspecified atom stereocenters. The summed E-state index contributed by atoms with van der Waals surface area (Å²) >= 11 is 1.70. The van der Waals surface area contributed by atoms with E-state index in [-0.39, 0.29) is 0 Å². The number of benzene rings is 3. The Bertz CT molecular complexity index is 2510. The lowest BCUT2D eigenvalue weighted by Gasteiger charge is -2.08. The quantitative estimate of drug-likeness (QED) is 0.0690. The Hall–Kier alpha value is -6.78. The number of nitrogens with zero attached hydrogens (tertiary/aromatic N) is 2. The second-order valence-corrected chi connectivity index (χ2v) is 13.6. The van der Waals surface area contributed by atoms with Gasteiger partial charge < -0.3 is 0 Å². The molecule has 0 spiro atoms. The molecule has 1 aliphatic carbocycles. The zero-order valence-corrected chi connectivity index (χ0v) is 31.4. The second-order valence-electron chi connectivity index (χ2n) is 12.5. The van der Waals surface area contributed by atoms with E-state index in [1.54, 1.807) is 23.6 Å². The second kappa shape index (κ2) is 18.6. The van der Waals surface area contributed by atoms with Gasteiger partial charge in [0.1, 0.15) is 0 Å². The molecule has 0 saturated heterocycles. The standard InChI is InChI=1S/C51H40N2S/c1-5-8-19-40(7-3)44-24-13-26-46(34-44)48(31-30-39-18-12-23-43(33-39)42-20-10-9-11-21-42)36-50-38(4)53-51(54-50)29-15-22-41(17-6-2)45-25-14-27-47(35-45)49-28-16-32-52-37-49/h2,5,7-13,15-26,28,30-37H,3,29H2,1,4H3/b8-5-,22-15-,31-30+,40-19+,41-17+,48-36+. The van der Waals surface area contributed by atoms with Crippen LogP contribution in [0.4, 0.5) is 0 Å². The van der Waals surface area contributed by atoms with Crippen LogP contribution in [-0.4, -0.2) is 9.97 Å². The van der Waals surface area contributed by atoms with Gasteiger partial charge in [-0.2, -0.15) is 0 Å². The molecule has 54 heavy (non-hydrogen) atoms. The van der Waals surface area contributed by atoms with Gasteiger partial charge in [-0.25, -0.2) is 4.98 Å². The zero-order chi connectivity index (χ0) is 37.5. The van der Waals surface area contributed by atoms with Gasteiger partial charge in [0.25, 0.3) is 0 Å². The van der Waals surface area contributed by atoms with Crippen molar-refractivity contribution in [3.05, 3.63) is 231 Å². The van der Waals surface area contributed by atoms with Gasteiger partial charge in [0.2, 0.25) is 0 Å². The highest BCUT2D eigenvalue weighted by Crippen LogP contribution is 2.30. The van der Waals surface area contributed by atoms with Crippen LogP contribution in [0.2, 0.25) is 0 Å². The topological polar surface area (TPSA) is 25.8 Å². The molecule has 5 aromatic rings. The van der Waals surface area contributed by atoms with Crippen molar-refractivity contribution < 1.29 is 0 Å². The molecule has 2 heterocycles. The summed E-state index contributed by atoms with van der Waals surface area (Å²) in [7, 11) is 0. The molecule has 260 valence electrons. The third-order valence-corrected chi connectivity index (χ3v) is 9.83. The van der Waals surface area contributed by atoms with E-state index in [1.807, 2.05) is 55.6 Å². The number of aromatic nitrogens is 2. The average molecular weight is 713 g/mol. The highest BCUT2D eigenvalue weighted by Gasteiger charge is 2.10. The van der Waals surface area contributed by atoms with E-state index in [0.29, 0.717) is 6.42 Å². The lowest BCUT2D eigenvalue weighted by molar-refractivity contribution is 1.13.